The van der Waals surface area contributed by atoms with Crippen LogP contribution in [0.15, 0.2) is 42.5 Å². The molecule has 0 saturated carbocycles. The molecule has 7 nitrogen and oxygen atoms in total. The first-order valence-electron chi connectivity index (χ1n) is 12.0. The van der Waals surface area contributed by atoms with Gasteiger partial charge >= 0.3 is 0 Å². The Balaban J connectivity index is 1.58. The molecule has 2 N–H and O–H groups in total. The number of H-pyrrole nitrogens is 1. The third-order valence-corrected chi connectivity index (χ3v) is 8.06. The van der Waals surface area contributed by atoms with Crippen LogP contribution in [0, 0.1) is 0 Å². The summed E-state index contributed by atoms with van der Waals surface area (Å²) < 4.78 is 10.6. The predicted octanol–water partition coefficient (Wildman–Crippen LogP) is 3.89. The first-order chi connectivity index (χ1) is 17.0. The van der Waals surface area contributed by atoms with Gasteiger partial charge in [-0.3, -0.25) is 9.69 Å². The number of carbonyl (C=O) groups is 1. The highest BCUT2D eigenvalue weighted by atomic mass is 35.5. The second kappa shape index (κ2) is 9.82. The van der Waals surface area contributed by atoms with Crippen LogP contribution in [0.5, 0.6) is 5.75 Å². The maximum Gasteiger partial charge on any atom is 0.248 e. The zero-order valence-corrected chi connectivity index (χ0v) is 21.0. The highest BCUT2D eigenvalue weighted by molar-refractivity contribution is 6.31. The zero-order chi connectivity index (χ0) is 24.6. The van der Waals surface area contributed by atoms with Gasteiger partial charge < -0.3 is 24.5 Å². The fourth-order valence-electron chi connectivity index (χ4n) is 5.93. The Morgan fingerprint density at radius 3 is 2.66 bits per heavy atom. The Hall–Kier alpha value is -2.58. The molecule has 0 radical (unpaired) electrons. The Morgan fingerprint density at radius 2 is 1.97 bits per heavy atom. The number of amides is 1. The van der Waals surface area contributed by atoms with Crippen molar-refractivity contribution in [2.24, 2.45) is 0 Å². The number of benzene rings is 2. The highest BCUT2D eigenvalue weighted by Gasteiger charge is 2.47. The van der Waals surface area contributed by atoms with Crippen LogP contribution >= 0.6 is 11.6 Å². The van der Waals surface area contributed by atoms with Crippen LogP contribution in [0.1, 0.15) is 35.7 Å². The molecule has 1 saturated heterocycles. The SMILES string of the molecule is COCC(=O)N1CCC2(CC1)CN(Cc1ccccc1Cl)[C@H](CO)c1[nH]c3cc(OC)ccc3c12. The fourth-order valence-corrected chi connectivity index (χ4v) is 6.13. The number of aromatic amines is 1. The maximum atomic E-state index is 12.5. The minimum Gasteiger partial charge on any atom is -0.497 e. The average molecular weight is 498 g/mol. The smallest absolute Gasteiger partial charge is 0.248 e. The molecular formula is C27H32ClN3O4. The molecule has 1 fully saturated rings. The van der Waals surface area contributed by atoms with E-state index in [1.807, 2.05) is 41.3 Å². The van der Waals surface area contributed by atoms with Crippen LogP contribution in [0.25, 0.3) is 10.9 Å². The molecule has 2 aromatic carbocycles. The molecule has 1 atom stereocenters. The third-order valence-electron chi connectivity index (χ3n) is 7.69. The van der Waals surface area contributed by atoms with Gasteiger partial charge in [-0.2, -0.15) is 0 Å². The van der Waals surface area contributed by atoms with E-state index in [1.54, 1.807) is 14.2 Å². The molecule has 1 aromatic heterocycles. The number of carbonyl (C=O) groups excluding carboxylic acids is 1. The summed E-state index contributed by atoms with van der Waals surface area (Å²) in [6, 6.07) is 13.8. The number of ether oxygens (including phenoxy) is 2. The lowest BCUT2D eigenvalue weighted by Crippen LogP contribution is -2.54. The lowest BCUT2D eigenvalue weighted by molar-refractivity contribution is -0.137. The average Bonchev–Trinajstić information content (AvgIpc) is 3.25. The van der Waals surface area contributed by atoms with E-state index in [-0.39, 0.29) is 30.6 Å². The van der Waals surface area contributed by atoms with E-state index in [2.05, 4.69) is 16.0 Å². The van der Waals surface area contributed by atoms with Gasteiger partial charge in [0.1, 0.15) is 12.4 Å². The summed E-state index contributed by atoms with van der Waals surface area (Å²) in [5.74, 6) is 0.821. The van der Waals surface area contributed by atoms with Crippen LogP contribution in [-0.2, 0) is 21.5 Å². The summed E-state index contributed by atoms with van der Waals surface area (Å²) in [5, 5.41) is 12.4. The van der Waals surface area contributed by atoms with E-state index >= 15 is 0 Å². The number of nitrogens with zero attached hydrogens (tertiary/aromatic N) is 2. The van der Waals surface area contributed by atoms with Crippen molar-refractivity contribution >= 4 is 28.4 Å². The summed E-state index contributed by atoms with van der Waals surface area (Å²) in [5.41, 5.74) is 4.20. The first-order valence-corrected chi connectivity index (χ1v) is 12.4. The van der Waals surface area contributed by atoms with Gasteiger partial charge in [-0.15, -0.1) is 0 Å². The van der Waals surface area contributed by atoms with Crippen molar-refractivity contribution in [1.82, 2.24) is 14.8 Å². The molecule has 0 unspecified atom stereocenters. The lowest BCUT2D eigenvalue weighted by Gasteiger charge is -2.50. The number of methoxy groups -OCH3 is 2. The normalized spacial score (nSPS) is 19.8. The van der Waals surface area contributed by atoms with Gasteiger partial charge in [-0.05, 0) is 42.2 Å². The molecule has 5 rings (SSSR count). The van der Waals surface area contributed by atoms with E-state index in [4.69, 9.17) is 21.1 Å². The van der Waals surface area contributed by atoms with Gasteiger partial charge in [0.15, 0.2) is 0 Å². The molecule has 3 aromatic rings. The van der Waals surface area contributed by atoms with E-state index in [0.717, 1.165) is 52.3 Å². The van der Waals surface area contributed by atoms with Gasteiger partial charge in [-0.1, -0.05) is 29.8 Å². The number of aromatic nitrogens is 1. The molecule has 1 amide bonds. The third kappa shape index (κ3) is 4.31. The minimum atomic E-state index is -0.182. The number of aliphatic hydroxyl groups excluding tert-OH is 1. The second-order valence-electron chi connectivity index (χ2n) is 9.61. The van der Waals surface area contributed by atoms with Crippen LogP contribution in [0.4, 0.5) is 0 Å². The molecule has 0 bridgehead atoms. The number of hydrogen-bond acceptors (Lipinski definition) is 5. The molecule has 8 heteroatoms. The van der Waals surface area contributed by atoms with Crippen LogP contribution in [0.2, 0.25) is 5.02 Å². The number of rotatable bonds is 6. The number of hydrogen-bond donors (Lipinski definition) is 2. The Kier molecular flexibility index (Phi) is 6.77. The monoisotopic (exact) mass is 497 g/mol. The highest BCUT2D eigenvalue weighted by Crippen LogP contribution is 2.49. The first kappa shape index (κ1) is 24.1. The van der Waals surface area contributed by atoms with Gasteiger partial charge in [0.05, 0.1) is 19.8 Å². The van der Waals surface area contributed by atoms with Crippen LogP contribution < -0.4 is 4.74 Å². The lowest BCUT2D eigenvalue weighted by atomic mass is 9.68. The predicted molar refractivity (Wildman–Crippen MR) is 136 cm³/mol. The van der Waals surface area contributed by atoms with Crippen LogP contribution in [0.3, 0.4) is 0 Å². The molecule has 2 aliphatic rings. The quantitative estimate of drug-likeness (QED) is 0.540. The molecule has 35 heavy (non-hydrogen) atoms. The summed E-state index contributed by atoms with van der Waals surface area (Å²) in [6.45, 7) is 2.87. The van der Waals surface area contributed by atoms with Crippen molar-refractivity contribution in [2.75, 3.05) is 47.1 Å². The van der Waals surface area contributed by atoms with E-state index in [0.29, 0.717) is 19.6 Å². The summed E-state index contributed by atoms with van der Waals surface area (Å²) in [7, 11) is 3.22. The van der Waals surface area contributed by atoms with Gasteiger partial charge in [0.25, 0.3) is 0 Å². The molecule has 3 heterocycles. The van der Waals surface area contributed by atoms with Gasteiger partial charge in [0, 0.05) is 66.4 Å². The maximum absolute atomic E-state index is 12.5. The number of piperidine rings is 1. The number of aliphatic hydroxyl groups is 1. The van der Waals surface area contributed by atoms with Crippen molar-refractivity contribution in [3.63, 3.8) is 0 Å². The van der Waals surface area contributed by atoms with Gasteiger partial charge in [-0.25, -0.2) is 0 Å². The van der Waals surface area contributed by atoms with E-state index < -0.39 is 0 Å². The van der Waals surface area contributed by atoms with Crippen molar-refractivity contribution in [3.8, 4) is 5.75 Å². The zero-order valence-electron chi connectivity index (χ0n) is 20.2. The van der Waals surface area contributed by atoms with Crippen molar-refractivity contribution in [1.29, 1.82) is 0 Å². The molecule has 2 aliphatic heterocycles. The van der Waals surface area contributed by atoms with Gasteiger partial charge in [0.2, 0.25) is 5.91 Å². The Morgan fingerprint density at radius 1 is 1.20 bits per heavy atom. The summed E-state index contributed by atoms with van der Waals surface area (Å²) >= 11 is 6.53. The fraction of sp³-hybridized carbons (Fsp3) is 0.444. The number of nitrogens with one attached hydrogen (secondary N) is 1. The number of halogens is 1. The van der Waals surface area contributed by atoms with E-state index in [1.165, 1.54) is 5.56 Å². The Labute approximate surface area is 210 Å². The van der Waals surface area contributed by atoms with Crippen molar-refractivity contribution in [2.45, 2.75) is 30.8 Å². The van der Waals surface area contributed by atoms with E-state index in [9.17, 15) is 9.90 Å². The number of fused-ring (bicyclic) bond motifs is 4. The molecule has 1 spiro atoms. The summed E-state index contributed by atoms with van der Waals surface area (Å²) in [6.07, 6.45) is 1.68. The standard InChI is InChI=1S/C27H32ClN3O4/c1-34-16-24(33)30-11-9-27(10-12-30)17-31(14-18-5-3-4-6-21(18)28)23(15-32)26-25(27)20-8-7-19(35-2)13-22(20)29-26/h3-8,13,23,29,32H,9-12,14-17H2,1-2H3/t23-/m1/s1. The summed E-state index contributed by atoms with van der Waals surface area (Å²) in [4.78, 5) is 20.4. The molecule has 186 valence electrons. The largest absolute Gasteiger partial charge is 0.497 e. The Bertz CT molecular complexity index is 1220. The van der Waals surface area contributed by atoms with Crippen LogP contribution in [-0.4, -0.2) is 72.9 Å². The molecular weight excluding hydrogens is 466 g/mol. The number of likely N-dealkylation sites (tertiary alicyclic amines) is 1. The van der Waals surface area contributed by atoms with Crippen molar-refractivity contribution in [3.05, 3.63) is 64.3 Å². The molecule has 0 aliphatic carbocycles. The minimum absolute atomic E-state index is 0.00403. The second-order valence-corrected chi connectivity index (χ2v) is 10.0. The topological polar surface area (TPSA) is 78.0 Å². The van der Waals surface area contributed by atoms with Crippen molar-refractivity contribution < 1.29 is 19.4 Å².